The van der Waals surface area contributed by atoms with E-state index in [1.807, 2.05) is 13.0 Å². The monoisotopic (exact) mass is 413 g/mol. The van der Waals surface area contributed by atoms with Crippen molar-refractivity contribution in [1.82, 2.24) is 9.55 Å². The van der Waals surface area contributed by atoms with E-state index in [-0.39, 0.29) is 11.6 Å². The van der Waals surface area contributed by atoms with Crippen molar-refractivity contribution >= 4 is 11.6 Å². The average Bonchev–Trinajstić information content (AvgIpc) is 2.75. The lowest BCUT2D eigenvalue weighted by Gasteiger charge is -2.18. The van der Waals surface area contributed by atoms with Gasteiger partial charge in [-0.05, 0) is 35.7 Å². The molecule has 7 nitrogen and oxygen atoms in total. The minimum Gasteiger partial charge on any atom is -0.493 e. The predicted octanol–water partition coefficient (Wildman–Crippen LogP) is 3.76. The molecule has 0 aliphatic heterocycles. The maximum atomic E-state index is 13.6. The first-order valence-corrected chi connectivity index (χ1v) is 9.40. The third-order valence-electron chi connectivity index (χ3n) is 4.66. The third-order valence-corrected chi connectivity index (χ3v) is 4.66. The number of anilines is 2. The summed E-state index contributed by atoms with van der Waals surface area (Å²) < 4.78 is 31.2. The van der Waals surface area contributed by atoms with Crippen molar-refractivity contribution in [2.45, 2.75) is 19.9 Å². The van der Waals surface area contributed by atoms with E-state index in [2.05, 4.69) is 10.3 Å². The van der Waals surface area contributed by atoms with Gasteiger partial charge in [0.05, 0.1) is 34.1 Å². The minimum absolute atomic E-state index is 0.0972. The maximum Gasteiger partial charge on any atom is 0.316 e. The molecule has 0 aliphatic rings. The number of hydrogen-bond donors (Lipinski definition) is 1. The summed E-state index contributed by atoms with van der Waals surface area (Å²) >= 11 is 0. The van der Waals surface area contributed by atoms with Crippen LogP contribution in [0.25, 0.3) is 0 Å². The molecule has 0 fully saturated rings. The van der Waals surface area contributed by atoms with E-state index in [1.165, 1.54) is 19.2 Å². The summed E-state index contributed by atoms with van der Waals surface area (Å²) in [5.74, 6) is 1.22. The van der Waals surface area contributed by atoms with Crippen LogP contribution in [0.15, 0.2) is 47.4 Å². The average molecular weight is 413 g/mol. The van der Waals surface area contributed by atoms with Crippen molar-refractivity contribution in [3.05, 3.63) is 69.9 Å². The largest absolute Gasteiger partial charge is 0.493 e. The second kappa shape index (κ2) is 9.30. The molecule has 0 spiro atoms. The molecular formula is C22H24FN3O4. The van der Waals surface area contributed by atoms with Gasteiger partial charge in [-0.3, -0.25) is 4.79 Å². The first-order valence-electron chi connectivity index (χ1n) is 9.40. The summed E-state index contributed by atoms with van der Waals surface area (Å²) in [4.78, 5) is 16.4. The zero-order valence-corrected chi connectivity index (χ0v) is 17.4. The van der Waals surface area contributed by atoms with Gasteiger partial charge in [-0.1, -0.05) is 19.1 Å². The Bertz CT molecular complexity index is 1100. The van der Waals surface area contributed by atoms with Crippen LogP contribution in [0, 0.1) is 5.82 Å². The van der Waals surface area contributed by atoms with Crippen molar-refractivity contribution in [2.24, 2.45) is 0 Å². The van der Waals surface area contributed by atoms with E-state index in [4.69, 9.17) is 14.2 Å². The molecule has 0 saturated heterocycles. The molecule has 2 aromatic carbocycles. The molecule has 0 atom stereocenters. The number of hydrogen-bond acceptors (Lipinski definition) is 6. The molecule has 3 rings (SSSR count). The van der Waals surface area contributed by atoms with Gasteiger partial charge in [0.15, 0.2) is 11.5 Å². The number of aryl methyl sites for hydroxylation is 1. The van der Waals surface area contributed by atoms with Crippen molar-refractivity contribution in [3.8, 4) is 17.2 Å². The van der Waals surface area contributed by atoms with Gasteiger partial charge in [0.25, 0.3) is 0 Å². The Labute approximate surface area is 174 Å². The van der Waals surface area contributed by atoms with Crippen molar-refractivity contribution in [3.63, 3.8) is 0 Å². The lowest BCUT2D eigenvalue weighted by molar-refractivity contribution is 0.355. The Morgan fingerprint density at radius 1 is 1.03 bits per heavy atom. The van der Waals surface area contributed by atoms with Gasteiger partial charge in [0.2, 0.25) is 11.7 Å². The van der Waals surface area contributed by atoms with E-state index in [1.54, 1.807) is 43.2 Å². The number of halogens is 1. The van der Waals surface area contributed by atoms with Gasteiger partial charge in [-0.15, -0.1) is 0 Å². The number of aromatic nitrogens is 2. The van der Waals surface area contributed by atoms with Crippen molar-refractivity contribution in [2.75, 3.05) is 26.6 Å². The summed E-state index contributed by atoms with van der Waals surface area (Å²) in [5.41, 5.74) is 1.89. The molecule has 1 N–H and O–H groups in total. The van der Waals surface area contributed by atoms with Crippen LogP contribution in [0.5, 0.6) is 17.2 Å². The standard InChI is InChI=1S/C22H24FN3O4/c1-5-15-10-18(28-2)19(29-3)11-17(15)24-22-25-21(27)20(30-4)13-26(22)12-14-7-6-8-16(23)9-14/h6-11,13H,5,12H2,1-4H3,(H,24,25,27). The minimum atomic E-state index is -0.506. The first kappa shape index (κ1) is 21.2. The molecule has 0 unspecified atom stereocenters. The van der Waals surface area contributed by atoms with Gasteiger partial charge in [0.1, 0.15) is 5.82 Å². The molecule has 0 amide bonds. The van der Waals surface area contributed by atoms with Crippen LogP contribution < -0.4 is 25.1 Å². The molecule has 158 valence electrons. The zero-order valence-electron chi connectivity index (χ0n) is 17.4. The second-order valence-electron chi connectivity index (χ2n) is 6.54. The first-order chi connectivity index (χ1) is 14.5. The highest BCUT2D eigenvalue weighted by Crippen LogP contribution is 2.34. The summed E-state index contributed by atoms with van der Waals surface area (Å²) in [6, 6.07) is 9.91. The van der Waals surface area contributed by atoms with Crippen molar-refractivity contribution in [1.29, 1.82) is 0 Å². The van der Waals surface area contributed by atoms with Gasteiger partial charge in [-0.25, -0.2) is 4.39 Å². The Kier molecular flexibility index (Phi) is 6.56. The third kappa shape index (κ3) is 4.53. The zero-order chi connectivity index (χ0) is 21.7. The molecule has 8 heteroatoms. The van der Waals surface area contributed by atoms with Crippen LogP contribution in [0.2, 0.25) is 0 Å². The summed E-state index contributed by atoms with van der Waals surface area (Å²) in [5, 5.41) is 3.21. The second-order valence-corrected chi connectivity index (χ2v) is 6.54. The van der Waals surface area contributed by atoms with E-state index in [0.29, 0.717) is 36.0 Å². The SMILES string of the molecule is CCc1cc(OC)c(OC)cc1Nc1nc(=O)c(OC)cn1Cc1cccc(F)c1. The van der Waals surface area contributed by atoms with E-state index >= 15 is 0 Å². The Balaban J connectivity index is 2.07. The molecule has 30 heavy (non-hydrogen) atoms. The molecule has 0 saturated carbocycles. The van der Waals surface area contributed by atoms with Crippen LogP contribution >= 0.6 is 0 Å². The predicted molar refractivity (Wildman–Crippen MR) is 113 cm³/mol. The summed E-state index contributed by atoms with van der Waals surface area (Å²) in [6.45, 7) is 2.30. The summed E-state index contributed by atoms with van der Waals surface area (Å²) in [7, 11) is 4.53. The number of rotatable bonds is 8. The summed E-state index contributed by atoms with van der Waals surface area (Å²) in [6.07, 6.45) is 2.27. The quantitative estimate of drug-likeness (QED) is 0.606. The van der Waals surface area contributed by atoms with E-state index < -0.39 is 5.56 Å². The number of nitrogens with zero attached hydrogens (tertiary/aromatic N) is 2. The fraction of sp³-hybridized carbons (Fsp3) is 0.273. The smallest absolute Gasteiger partial charge is 0.316 e. The van der Waals surface area contributed by atoms with Gasteiger partial charge >= 0.3 is 5.56 Å². The number of benzene rings is 2. The number of ether oxygens (including phenoxy) is 3. The molecule has 0 radical (unpaired) electrons. The maximum absolute atomic E-state index is 13.6. The molecule has 1 aromatic heterocycles. The number of nitrogens with one attached hydrogen (secondary N) is 1. The molecule has 0 aliphatic carbocycles. The fourth-order valence-corrected chi connectivity index (χ4v) is 3.12. The topological polar surface area (TPSA) is 74.6 Å². The van der Waals surface area contributed by atoms with Gasteiger partial charge in [-0.2, -0.15) is 4.98 Å². The molecule has 1 heterocycles. The van der Waals surface area contributed by atoms with Crippen molar-refractivity contribution < 1.29 is 18.6 Å². The van der Waals surface area contributed by atoms with Crippen LogP contribution in [0.4, 0.5) is 16.0 Å². The van der Waals surface area contributed by atoms with E-state index in [9.17, 15) is 9.18 Å². The highest BCUT2D eigenvalue weighted by atomic mass is 19.1. The lowest BCUT2D eigenvalue weighted by Crippen LogP contribution is -2.19. The fourth-order valence-electron chi connectivity index (χ4n) is 3.12. The highest BCUT2D eigenvalue weighted by molar-refractivity contribution is 5.65. The van der Waals surface area contributed by atoms with Crippen LogP contribution in [-0.2, 0) is 13.0 Å². The Morgan fingerprint density at radius 2 is 1.73 bits per heavy atom. The van der Waals surface area contributed by atoms with Gasteiger partial charge < -0.3 is 24.1 Å². The lowest BCUT2D eigenvalue weighted by atomic mass is 10.1. The Hall–Kier alpha value is -3.55. The molecule has 0 bridgehead atoms. The van der Waals surface area contributed by atoms with Crippen LogP contribution in [0.3, 0.4) is 0 Å². The van der Waals surface area contributed by atoms with Gasteiger partial charge in [0, 0.05) is 11.8 Å². The molecule has 3 aromatic rings. The van der Waals surface area contributed by atoms with E-state index in [0.717, 1.165) is 11.3 Å². The molecular weight excluding hydrogens is 389 g/mol. The number of methoxy groups -OCH3 is 3. The normalized spacial score (nSPS) is 10.6. The van der Waals surface area contributed by atoms with Crippen LogP contribution in [-0.4, -0.2) is 30.9 Å². The van der Waals surface area contributed by atoms with Crippen LogP contribution in [0.1, 0.15) is 18.1 Å². The Morgan fingerprint density at radius 3 is 2.37 bits per heavy atom. The highest BCUT2D eigenvalue weighted by Gasteiger charge is 2.15.